The quantitative estimate of drug-likeness (QED) is 0.607. The predicted molar refractivity (Wildman–Crippen MR) is 60.0 cm³/mol. The molecule has 0 aromatic rings. The van der Waals surface area contributed by atoms with Crippen LogP contribution in [0.4, 0.5) is 0 Å². The lowest BCUT2D eigenvalue weighted by Crippen LogP contribution is -2.39. The second-order valence-corrected chi connectivity index (χ2v) is 5.00. The van der Waals surface area contributed by atoms with Crippen LogP contribution in [0, 0.1) is 17.8 Å². The van der Waals surface area contributed by atoms with E-state index in [1.807, 2.05) is 0 Å². The van der Waals surface area contributed by atoms with Gasteiger partial charge in [0.05, 0.1) is 0 Å². The molecule has 0 atom stereocenters. The molecule has 0 amide bonds. The first-order valence-electron chi connectivity index (χ1n) is 6.01. The second kappa shape index (κ2) is 4.36. The van der Waals surface area contributed by atoms with Crippen molar-refractivity contribution in [3.8, 4) is 12.3 Å². The molecular weight excluding hydrogens is 170 g/mol. The molecule has 78 valence electrons. The lowest BCUT2D eigenvalue weighted by molar-refractivity contribution is 0.110. The number of terminal acetylenes is 1. The van der Waals surface area contributed by atoms with E-state index >= 15 is 0 Å². The maximum Gasteiger partial charge on any atom is 0.0214 e. The minimum absolute atomic E-state index is 0.757. The summed E-state index contributed by atoms with van der Waals surface area (Å²) < 4.78 is 0. The number of hydrogen-bond acceptors (Lipinski definition) is 1. The zero-order chi connectivity index (χ0) is 9.86. The molecule has 1 nitrogen and oxygen atoms in total. The van der Waals surface area contributed by atoms with Crippen molar-refractivity contribution < 1.29 is 0 Å². The Bertz CT molecular complexity index is 210. The first-order chi connectivity index (χ1) is 6.85. The summed E-state index contributed by atoms with van der Waals surface area (Å²) in [4.78, 5) is 2.55. The van der Waals surface area contributed by atoms with E-state index in [1.165, 1.54) is 51.6 Å². The highest BCUT2D eigenvalue weighted by atomic mass is 15.1. The molecule has 0 N–H and O–H groups in total. The van der Waals surface area contributed by atoms with Crippen molar-refractivity contribution in [3.63, 3.8) is 0 Å². The van der Waals surface area contributed by atoms with E-state index in [4.69, 9.17) is 6.42 Å². The van der Waals surface area contributed by atoms with E-state index < -0.39 is 0 Å². The molecule has 14 heavy (non-hydrogen) atoms. The molecule has 2 aliphatic rings. The van der Waals surface area contributed by atoms with Crippen molar-refractivity contribution >= 4 is 0 Å². The molecule has 2 rings (SSSR count). The first kappa shape index (κ1) is 10.1. The molecular formula is C13H21N. The zero-order valence-electron chi connectivity index (χ0n) is 9.10. The third kappa shape index (κ3) is 2.12. The lowest BCUT2D eigenvalue weighted by atomic mass is 9.77. The molecule has 1 saturated carbocycles. The third-order valence-corrected chi connectivity index (χ3v) is 4.15. The van der Waals surface area contributed by atoms with Gasteiger partial charge in [0, 0.05) is 13.0 Å². The molecule has 1 aliphatic heterocycles. The minimum atomic E-state index is 0.757. The number of hydrogen-bond donors (Lipinski definition) is 0. The van der Waals surface area contributed by atoms with Gasteiger partial charge >= 0.3 is 0 Å². The number of rotatable bonds is 2. The third-order valence-electron chi connectivity index (χ3n) is 4.15. The fourth-order valence-electron chi connectivity index (χ4n) is 3.10. The normalized spacial score (nSPS) is 26.5. The summed E-state index contributed by atoms with van der Waals surface area (Å²) in [5.74, 6) is 2.73. The van der Waals surface area contributed by atoms with Gasteiger partial charge in [0.1, 0.15) is 0 Å². The summed E-state index contributed by atoms with van der Waals surface area (Å²) in [6.07, 6.45) is 15.0. The maximum absolute atomic E-state index is 5.28. The largest absolute Gasteiger partial charge is 0.302 e. The summed E-state index contributed by atoms with van der Waals surface area (Å²) in [5, 5.41) is 0. The van der Waals surface area contributed by atoms with Gasteiger partial charge in [-0.15, -0.1) is 12.3 Å². The van der Waals surface area contributed by atoms with Crippen LogP contribution >= 0.6 is 0 Å². The minimum Gasteiger partial charge on any atom is -0.302 e. The van der Waals surface area contributed by atoms with E-state index in [2.05, 4.69) is 10.8 Å². The molecule has 1 spiro atoms. The van der Waals surface area contributed by atoms with Crippen LogP contribution in [0.5, 0.6) is 0 Å². The standard InChI is InChI=1S/C13H21N/c1-2-3-10-14-11-8-13(9-12-14)6-4-5-7-13/h1H,3-12H2. The second-order valence-electron chi connectivity index (χ2n) is 5.00. The highest BCUT2D eigenvalue weighted by Gasteiger charge is 2.36. The van der Waals surface area contributed by atoms with Crippen molar-refractivity contribution in [2.24, 2.45) is 5.41 Å². The Morgan fingerprint density at radius 2 is 1.71 bits per heavy atom. The van der Waals surface area contributed by atoms with E-state index in [1.54, 1.807) is 0 Å². The summed E-state index contributed by atoms with van der Waals surface area (Å²) in [6, 6.07) is 0. The van der Waals surface area contributed by atoms with E-state index in [9.17, 15) is 0 Å². The Labute approximate surface area is 87.9 Å². The molecule has 0 aromatic carbocycles. The zero-order valence-corrected chi connectivity index (χ0v) is 9.10. The Hall–Kier alpha value is -0.480. The van der Waals surface area contributed by atoms with Crippen LogP contribution in [0.1, 0.15) is 44.9 Å². The number of piperidine rings is 1. The van der Waals surface area contributed by atoms with Crippen molar-refractivity contribution in [3.05, 3.63) is 0 Å². The van der Waals surface area contributed by atoms with Gasteiger partial charge in [-0.25, -0.2) is 0 Å². The smallest absolute Gasteiger partial charge is 0.0214 e. The van der Waals surface area contributed by atoms with E-state index in [0.29, 0.717) is 0 Å². The van der Waals surface area contributed by atoms with Gasteiger partial charge in [-0.2, -0.15) is 0 Å². The van der Waals surface area contributed by atoms with Crippen molar-refractivity contribution in [1.82, 2.24) is 4.90 Å². The fraction of sp³-hybridized carbons (Fsp3) is 0.846. The first-order valence-corrected chi connectivity index (χ1v) is 6.01. The van der Waals surface area contributed by atoms with Crippen LogP contribution in [-0.2, 0) is 0 Å². The Morgan fingerprint density at radius 1 is 1.07 bits per heavy atom. The van der Waals surface area contributed by atoms with Crippen molar-refractivity contribution in [2.75, 3.05) is 19.6 Å². The van der Waals surface area contributed by atoms with Crippen molar-refractivity contribution in [2.45, 2.75) is 44.9 Å². The lowest BCUT2D eigenvalue weighted by Gasteiger charge is -2.39. The summed E-state index contributed by atoms with van der Waals surface area (Å²) in [7, 11) is 0. The molecule has 0 bridgehead atoms. The Balaban J connectivity index is 1.77. The summed E-state index contributed by atoms with van der Waals surface area (Å²) >= 11 is 0. The van der Waals surface area contributed by atoms with Crippen LogP contribution in [0.15, 0.2) is 0 Å². The van der Waals surface area contributed by atoms with Gasteiger partial charge in [0.25, 0.3) is 0 Å². The average Bonchev–Trinajstić information content (AvgIpc) is 2.66. The number of likely N-dealkylation sites (tertiary alicyclic amines) is 1. The molecule has 1 heteroatoms. The Morgan fingerprint density at radius 3 is 2.29 bits per heavy atom. The summed E-state index contributed by atoms with van der Waals surface area (Å²) in [6.45, 7) is 3.70. The monoisotopic (exact) mass is 191 g/mol. The van der Waals surface area contributed by atoms with Gasteiger partial charge < -0.3 is 4.90 Å². The maximum atomic E-state index is 5.28. The van der Waals surface area contributed by atoms with Gasteiger partial charge in [-0.05, 0) is 44.2 Å². The van der Waals surface area contributed by atoms with E-state index in [0.717, 1.165) is 18.4 Å². The van der Waals surface area contributed by atoms with Crippen LogP contribution in [-0.4, -0.2) is 24.5 Å². The Kier molecular flexibility index (Phi) is 3.13. The SMILES string of the molecule is C#CCCN1CCC2(CCCC2)CC1. The molecule has 1 heterocycles. The van der Waals surface area contributed by atoms with Gasteiger partial charge in [-0.1, -0.05) is 12.8 Å². The molecule has 0 aromatic heterocycles. The van der Waals surface area contributed by atoms with Crippen LogP contribution in [0.2, 0.25) is 0 Å². The van der Waals surface area contributed by atoms with Gasteiger partial charge in [0.15, 0.2) is 0 Å². The molecule has 0 unspecified atom stereocenters. The van der Waals surface area contributed by atoms with Gasteiger partial charge in [0.2, 0.25) is 0 Å². The highest BCUT2D eigenvalue weighted by Crippen LogP contribution is 2.45. The summed E-state index contributed by atoms with van der Waals surface area (Å²) in [5.41, 5.74) is 0.757. The topological polar surface area (TPSA) is 3.24 Å². The molecule has 0 radical (unpaired) electrons. The fourth-order valence-corrected chi connectivity index (χ4v) is 3.10. The molecule has 2 fully saturated rings. The van der Waals surface area contributed by atoms with Crippen molar-refractivity contribution in [1.29, 1.82) is 0 Å². The number of nitrogens with zero attached hydrogens (tertiary/aromatic N) is 1. The van der Waals surface area contributed by atoms with Crippen LogP contribution in [0.3, 0.4) is 0 Å². The molecule has 1 saturated heterocycles. The van der Waals surface area contributed by atoms with Crippen LogP contribution < -0.4 is 0 Å². The molecule has 1 aliphatic carbocycles. The van der Waals surface area contributed by atoms with E-state index in [-0.39, 0.29) is 0 Å². The predicted octanol–water partition coefficient (Wildman–Crippen LogP) is 2.67. The van der Waals surface area contributed by atoms with Gasteiger partial charge in [-0.3, -0.25) is 0 Å². The highest BCUT2D eigenvalue weighted by molar-refractivity contribution is 4.91. The average molecular weight is 191 g/mol. The van der Waals surface area contributed by atoms with Crippen LogP contribution in [0.25, 0.3) is 0 Å².